The second-order valence-corrected chi connectivity index (χ2v) is 24.3. The van der Waals surface area contributed by atoms with Crippen molar-refractivity contribution in [2.45, 2.75) is 184 Å². The number of benzene rings is 5. The van der Waals surface area contributed by atoms with Crippen LogP contribution in [0.3, 0.4) is 0 Å². The zero-order valence-electron chi connectivity index (χ0n) is 73.4. The van der Waals surface area contributed by atoms with Gasteiger partial charge in [-0.15, -0.1) is 0 Å². The molecular weight excluding hydrogens is 1370 g/mol. The number of nitrogens with zero attached hydrogens (tertiary/aromatic N) is 8. The van der Waals surface area contributed by atoms with E-state index in [1.54, 1.807) is 50.7 Å². The van der Waals surface area contributed by atoms with E-state index in [-0.39, 0.29) is 17.5 Å². The molecule has 5 aromatic carbocycles. The van der Waals surface area contributed by atoms with Gasteiger partial charge in [-0.3, -0.25) is 19.5 Å². The highest BCUT2D eigenvalue weighted by atomic mass is 16.5. The first-order valence-corrected chi connectivity index (χ1v) is 39.4. The molecule has 7 heterocycles. The van der Waals surface area contributed by atoms with Crippen LogP contribution in [0.1, 0.15) is 198 Å². The fraction of sp³-hybridized carbons (Fsp3) is 0.447. The molecule has 1 aliphatic carbocycles. The molecule has 3 aliphatic heterocycles. The van der Waals surface area contributed by atoms with Crippen LogP contribution in [0.4, 0.5) is 0 Å². The van der Waals surface area contributed by atoms with Gasteiger partial charge in [0.15, 0.2) is 5.78 Å². The second kappa shape index (κ2) is 83.7. The lowest BCUT2D eigenvalue weighted by atomic mass is 10.1. The highest BCUT2D eigenvalue weighted by molar-refractivity contribution is 5.94. The van der Waals surface area contributed by atoms with Gasteiger partial charge in [0.05, 0.1) is 26.3 Å². The number of methoxy groups -OCH3 is 2. The predicted molar refractivity (Wildman–Crippen MR) is 475 cm³/mol. The molecule has 13 rings (SSSR count). The molecule has 0 amide bonds. The largest absolute Gasteiger partial charge is 0.497 e. The number of allylic oxidation sites excluding steroid dienone is 4. The standard InChI is InChI=1S/C10H11N.C8H8O2.C8H8O.C7H8O.C7H8.C6H7N.C6H13N.C6H8.C5H12N2.C5H9NO.C5H7N.C4H5N3.C3H6O.2C3H8.4C2H6/c1-7-8(2)11-10-6-4-3-5-9(7)10;1-10-8(9)7-5-3-2-4-6-7;1-7(9)8-5-3-2-4-6-8;1-8-7-5-3-2-4-6-7;1-7-5-3-2-4-6-7;1-6-2-4-7-5-3-6;1-7-5-3-2-4-6-7;1-6-4-2-3-5-6;1-7-4-2-6-3-5-7;1-6-3-2-5(7)4-6;1-6-4-2-3-5-6;1-4-6-2-5-3-7-4;1-3(2)4;2*1-3-2;4*1-2/h3-6,11H,1-2H3;2-6H,1H3;2-6H,1H3;2-6H,1H3;2-6H,1H3;2-5H,1H3;2-6H2,1H3;2-6H,1H3;6H,2-5H2,1H3;2-4H2,1H3;2-5H,1H3;2-3H,1H3;1-2H3;2*3H2,1-2H3;4*1-2H3. The number of hydrogen-bond donors (Lipinski definition) is 2. The number of likely N-dealkylation sites (tertiary alicyclic amines) is 2. The van der Waals surface area contributed by atoms with E-state index in [0.29, 0.717) is 23.8 Å². The molecule has 0 saturated carbocycles. The molecule has 0 unspecified atom stereocenters. The molecule has 0 radical (unpaired) electrons. The number of aromatic amines is 1. The van der Waals surface area contributed by atoms with Crippen molar-refractivity contribution in [3.63, 3.8) is 0 Å². The smallest absolute Gasteiger partial charge is 0.337 e. The molecule has 2 N–H and O–H groups in total. The van der Waals surface area contributed by atoms with Gasteiger partial charge in [0.2, 0.25) is 0 Å². The number of ether oxygens (including phenoxy) is 2. The Morgan fingerprint density at radius 1 is 0.500 bits per heavy atom. The van der Waals surface area contributed by atoms with Gasteiger partial charge < -0.3 is 38.9 Å². The fourth-order valence-corrected chi connectivity index (χ4v) is 8.16. The normalized spacial score (nSPS) is 12.0. The van der Waals surface area contributed by atoms with Crippen LogP contribution in [0, 0.1) is 40.5 Å². The summed E-state index contributed by atoms with van der Waals surface area (Å²) >= 11 is 0. The van der Waals surface area contributed by atoms with E-state index in [4.69, 9.17) is 4.74 Å². The summed E-state index contributed by atoms with van der Waals surface area (Å²) in [4.78, 5) is 66.4. The van der Waals surface area contributed by atoms with Crippen molar-refractivity contribution in [2.24, 2.45) is 13.0 Å². The van der Waals surface area contributed by atoms with Crippen LogP contribution in [-0.2, 0) is 21.4 Å². The van der Waals surface area contributed by atoms with E-state index in [1.165, 1.54) is 125 Å². The van der Waals surface area contributed by atoms with Crippen LogP contribution < -0.4 is 10.1 Å². The number of para-hydroxylation sites is 2. The van der Waals surface area contributed by atoms with E-state index in [0.717, 1.165) is 43.2 Å². The number of carbonyl (C=O) groups excluding carboxylic acids is 4. The maximum Gasteiger partial charge on any atom is 0.337 e. The minimum Gasteiger partial charge on any atom is -0.497 e. The number of Topliss-reactive ketones (excluding diaryl/α,β-unsaturated/α-hetero) is 3. The van der Waals surface area contributed by atoms with Crippen LogP contribution in [0.2, 0.25) is 0 Å². The Morgan fingerprint density at radius 2 is 0.909 bits per heavy atom. The average molecular weight is 1520 g/mol. The minimum atomic E-state index is -0.291. The van der Waals surface area contributed by atoms with Crippen molar-refractivity contribution < 1.29 is 28.7 Å². The van der Waals surface area contributed by atoms with Crippen molar-refractivity contribution in [1.82, 2.24) is 49.5 Å². The van der Waals surface area contributed by atoms with Gasteiger partial charge in [-0.05, 0) is 174 Å². The molecular formula is C94H150N10O6. The summed E-state index contributed by atoms with van der Waals surface area (Å²) in [6, 6.07) is 54.4. The SMILES string of the molecule is CC.CC.CC.CC.CC(=O)c1ccccc1.CC(C)=O.CC1C=CC=C1.CCC.CCC.CN1CCC(=O)C1.CN1CCCCC1.CN1CCNCC1.COC(=O)c1ccccc1.COc1ccccc1.Cc1[nH]c2ccccc2c1C.Cc1ccccc1.Cc1ccncc1.Cc1ncncn1.Cn1cccc1. The third-order valence-electron chi connectivity index (χ3n) is 13.8. The highest BCUT2D eigenvalue weighted by Gasteiger charge is 2.14. The van der Waals surface area contributed by atoms with Crippen molar-refractivity contribution in [2.75, 3.05) is 87.7 Å². The summed E-state index contributed by atoms with van der Waals surface area (Å²) in [7, 11) is 11.3. The zero-order chi connectivity index (χ0) is 84.4. The Morgan fingerprint density at radius 3 is 1.16 bits per heavy atom. The monoisotopic (exact) mass is 1520 g/mol. The van der Waals surface area contributed by atoms with Gasteiger partial charge in [-0.2, -0.15) is 0 Å². The fourth-order valence-electron chi connectivity index (χ4n) is 8.16. The Labute approximate surface area is 670 Å². The van der Waals surface area contributed by atoms with E-state index in [9.17, 15) is 19.2 Å². The number of nitrogens with one attached hydrogen (secondary N) is 2. The summed E-state index contributed by atoms with van der Waals surface area (Å²) in [5.74, 6) is 2.73. The van der Waals surface area contributed by atoms with Crippen molar-refractivity contribution in [3.05, 3.63) is 271 Å². The molecule has 3 saturated heterocycles. The summed E-state index contributed by atoms with van der Waals surface area (Å²) in [6.45, 7) is 50.5. The molecule has 3 fully saturated rings. The Hall–Kier alpha value is -9.32. The number of rotatable bonds is 3. The van der Waals surface area contributed by atoms with Gasteiger partial charge in [0.25, 0.3) is 0 Å². The molecule has 4 aliphatic rings. The zero-order valence-corrected chi connectivity index (χ0v) is 73.4. The quantitative estimate of drug-likeness (QED) is 0.126. The molecule has 0 bridgehead atoms. The molecule has 16 heteroatoms. The van der Waals surface area contributed by atoms with E-state index < -0.39 is 0 Å². The summed E-state index contributed by atoms with van der Waals surface area (Å²) in [6.07, 6.45) is 26.5. The molecule has 612 valence electrons. The number of carbonyl (C=O) groups is 4. The summed E-state index contributed by atoms with van der Waals surface area (Å²) in [5.41, 5.74) is 7.81. The van der Waals surface area contributed by atoms with E-state index in [2.05, 4.69) is 175 Å². The lowest BCUT2D eigenvalue weighted by molar-refractivity contribution is -0.117. The van der Waals surface area contributed by atoms with Crippen LogP contribution in [0.15, 0.2) is 232 Å². The number of aromatic nitrogens is 6. The number of ketones is 3. The topological polar surface area (TPSA) is 181 Å². The molecule has 110 heavy (non-hydrogen) atoms. The third kappa shape index (κ3) is 74.2. The number of H-pyrrole nitrogens is 1. The van der Waals surface area contributed by atoms with Crippen LogP contribution in [0.25, 0.3) is 10.9 Å². The number of likely N-dealkylation sites (N-methyl/N-ethyl adjacent to an activating group) is 2. The highest BCUT2D eigenvalue weighted by Crippen LogP contribution is 2.20. The number of aryl methyl sites for hydroxylation is 6. The van der Waals surface area contributed by atoms with Crippen molar-refractivity contribution >= 4 is 34.2 Å². The first-order chi connectivity index (χ1) is 53.0. The Balaban J connectivity index is -0.000000264. The maximum absolute atomic E-state index is 10.8. The summed E-state index contributed by atoms with van der Waals surface area (Å²) in [5, 5.41) is 4.61. The van der Waals surface area contributed by atoms with Gasteiger partial charge in [-0.1, -0.05) is 254 Å². The molecule has 9 aromatic rings. The number of piperazine rings is 1. The van der Waals surface area contributed by atoms with Gasteiger partial charge in [0.1, 0.15) is 35.8 Å². The number of fused-ring (bicyclic) bond motifs is 1. The van der Waals surface area contributed by atoms with Crippen LogP contribution in [0.5, 0.6) is 5.75 Å². The van der Waals surface area contributed by atoms with Crippen molar-refractivity contribution in [3.8, 4) is 5.75 Å². The van der Waals surface area contributed by atoms with Crippen LogP contribution >= 0.6 is 0 Å². The molecule has 0 spiro atoms. The minimum absolute atomic E-state index is 0.121. The number of piperidine rings is 1. The van der Waals surface area contributed by atoms with Gasteiger partial charge >= 0.3 is 5.97 Å². The lowest BCUT2D eigenvalue weighted by Crippen LogP contribution is -2.40. The molecule has 0 atom stereocenters. The molecule has 16 nitrogen and oxygen atoms in total. The number of hydrogen-bond acceptors (Lipinski definition) is 14. The Kier molecular flexibility index (Phi) is 84.9. The first-order valence-electron chi connectivity index (χ1n) is 39.4. The summed E-state index contributed by atoms with van der Waals surface area (Å²) < 4.78 is 11.4. The van der Waals surface area contributed by atoms with Gasteiger partial charge in [-0.25, -0.2) is 19.7 Å². The average Bonchev–Trinajstić information content (AvgIpc) is 1.68. The molecule has 4 aromatic heterocycles. The first kappa shape index (κ1) is 112. The third-order valence-corrected chi connectivity index (χ3v) is 13.8. The number of esters is 1. The van der Waals surface area contributed by atoms with E-state index >= 15 is 0 Å². The predicted octanol–water partition coefficient (Wildman–Crippen LogP) is 22.2. The number of pyridine rings is 1. The van der Waals surface area contributed by atoms with E-state index in [1.807, 2.05) is 214 Å². The lowest BCUT2D eigenvalue weighted by Gasteiger charge is -2.21. The van der Waals surface area contributed by atoms with Crippen molar-refractivity contribution in [1.29, 1.82) is 0 Å². The Bertz CT molecular complexity index is 3310. The van der Waals surface area contributed by atoms with Gasteiger partial charge in [0, 0.05) is 93.1 Å². The second-order valence-electron chi connectivity index (χ2n) is 24.3. The van der Waals surface area contributed by atoms with Crippen LogP contribution in [-0.4, -0.2) is 155 Å². The maximum atomic E-state index is 10.8.